The number of ether oxygens (including phenoxy) is 1. The number of aromatic nitrogens is 3. The van der Waals surface area contributed by atoms with Crippen molar-refractivity contribution in [3.63, 3.8) is 0 Å². The molecule has 9 heteroatoms. The van der Waals surface area contributed by atoms with Gasteiger partial charge in [-0.05, 0) is 36.4 Å². The van der Waals surface area contributed by atoms with Crippen molar-refractivity contribution in [1.82, 2.24) is 15.0 Å². The molecule has 0 fully saturated rings. The first-order chi connectivity index (χ1) is 17.4. The van der Waals surface area contributed by atoms with Crippen LogP contribution in [0.5, 0.6) is 11.6 Å². The minimum Gasteiger partial charge on any atom is -0.439 e. The average Bonchev–Trinajstić information content (AvgIpc) is 2.88. The van der Waals surface area contributed by atoms with E-state index in [2.05, 4.69) is 31.2 Å². The minimum atomic E-state index is -4.52. The number of nitrogens with zero attached hydrogens (tertiary/aromatic N) is 4. The molecular formula is C27H20F3N5O. The summed E-state index contributed by atoms with van der Waals surface area (Å²) >= 11 is 0. The Hall–Kier alpha value is -4.71. The van der Waals surface area contributed by atoms with E-state index in [1.807, 2.05) is 18.2 Å². The highest BCUT2D eigenvalue weighted by Gasteiger charge is 2.31. The van der Waals surface area contributed by atoms with E-state index in [1.165, 1.54) is 18.6 Å². The molecule has 0 saturated heterocycles. The van der Waals surface area contributed by atoms with Crippen LogP contribution in [0, 0.1) is 12.3 Å². The minimum absolute atomic E-state index is 0.120. The summed E-state index contributed by atoms with van der Waals surface area (Å²) in [7, 11) is 1.59. The molecule has 0 unspecified atom stereocenters. The molecule has 0 aliphatic carbocycles. The van der Waals surface area contributed by atoms with Gasteiger partial charge in [0.1, 0.15) is 12.1 Å². The average molecular weight is 487 g/mol. The lowest BCUT2D eigenvalue weighted by Gasteiger charge is -2.15. The molecule has 4 rings (SSSR count). The Labute approximate surface area is 205 Å². The molecule has 0 bridgehead atoms. The first-order valence-corrected chi connectivity index (χ1v) is 10.8. The molecular weight excluding hydrogens is 467 g/mol. The molecule has 180 valence electrons. The molecule has 6 nitrogen and oxygen atoms in total. The van der Waals surface area contributed by atoms with E-state index < -0.39 is 11.7 Å². The number of fused-ring (bicyclic) bond motifs is 1. The largest absolute Gasteiger partial charge is 0.439 e. The van der Waals surface area contributed by atoms with Crippen molar-refractivity contribution >= 4 is 22.8 Å². The Kier molecular flexibility index (Phi) is 7.25. The predicted octanol–water partition coefficient (Wildman–Crippen LogP) is 6.18. The maximum Gasteiger partial charge on any atom is 0.416 e. The number of aliphatic imine (C=N–C) groups is 1. The molecule has 0 atom stereocenters. The lowest BCUT2D eigenvalue weighted by molar-refractivity contribution is -0.137. The first-order valence-electron chi connectivity index (χ1n) is 10.8. The summed E-state index contributed by atoms with van der Waals surface area (Å²) < 4.78 is 46.1. The van der Waals surface area contributed by atoms with Crippen molar-refractivity contribution in [2.75, 3.05) is 18.9 Å². The van der Waals surface area contributed by atoms with Gasteiger partial charge in [0.05, 0.1) is 16.8 Å². The third-order valence-corrected chi connectivity index (χ3v) is 5.14. The van der Waals surface area contributed by atoms with Crippen molar-refractivity contribution in [3.8, 4) is 35.2 Å². The summed E-state index contributed by atoms with van der Waals surface area (Å²) in [5.41, 5.74) is 1.47. The van der Waals surface area contributed by atoms with Gasteiger partial charge in [-0.3, -0.25) is 9.98 Å². The maximum absolute atomic E-state index is 13.4. The van der Waals surface area contributed by atoms with Crippen molar-refractivity contribution in [3.05, 3.63) is 84.3 Å². The lowest BCUT2D eigenvalue weighted by Crippen LogP contribution is -2.09. The van der Waals surface area contributed by atoms with E-state index in [0.29, 0.717) is 22.6 Å². The summed E-state index contributed by atoms with van der Waals surface area (Å²) in [6.45, 7) is 0.120. The third kappa shape index (κ3) is 5.85. The third-order valence-electron chi connectivity index (χ3n) is 5.14. The summed E-state index contributed by atoms with van der Waals surface area (Å²) in [6.07, 6.45) is 7.09. The zero-order valence-electron chi connectivity index (χ0n) is 19.1. The topological polar surface area (TPSA) is 72.3 Å². The Bertz CT molecular complexity index is 1490. The van der Waals surface area contributed by atoms with E-state index in [1.54, 1.807) is 37.5 Å². The molecule has 0 amide bonds. The molecule has 1 N–H and O–H groups in total. The number of terminal acetylenes is 1. The fourth-order valence-corrected chi connectivity index (χ4v) is 3.38. The number of benzene rings is 2. The second kappa shape index (κ2) is 10.7. The first kappa shape index (κ1) is 24.4. The highest BCUT2D eigenvalue weighted by atomic mass is 19.4. The van der Waals surface area contributed by atoms with Crippen molar-refractivity contribution in [1.29, 1.82) is 0 Å². The SMILES string of the molecule is C#C/C(=C\C=NC)CNc1cc(C(F)(F)F)ccc1-c1cc(Oc2ccc3cccnc3c2)ncn1. The molecule has 4 aromatic rings. The number of alkyl halides is 3. The molecule has 36 heavy (non-hydrogen) atoms. The Balaban J connectivity index is 1.66. The van der Waals surface area contributed by atoms with Crippen LogP contribution < -0.4 is 10.1 Å². The van der Waals surface area contributed by atoms with Crippen molar-refractivity contribution < 1.29 is 17.9 Å². The van der Waals surface area contributed by atoms with Gasteiger partial charge in [-0.25, -0.2) is 9.97 Å². The smallest absolute Gasteiger partial charge is 0.416 e. The van der Waals surface area contributed by atoms with Gasteiger partial charge in [0.25, 0.3) is 0 Å². The molecule has 0 aliphatic rings. The van der Waals surface area contributed by atoms with Crippen LogP contribution in [-0.4, -0.2) is 34.8 Å². The Morgan fingerprint density at radius 2 is 1.97 bits per heavy atom. The summed E-state index contributed by atoms with van der Waals surface area (Å²) in [4.78, 5) is 16.5. The van der Waals surface area contributed by atoms with E-state index in [4.69, 9.17) is 11.2 Å². The van der Waals surface area contributed by atoms with Gasteiger partial charge in [0.15, 0.2) is 0 Å². The van der Waals surface area contributed by atoms with Gasteiger partial charge in [-0.1, -0.05) is 18.1 Å². The second-order valence-electron chi connectivity index (χ2n) is 7.56. The zero-order valence-corrected chi connectivity index (χ0v) is 19.1. The molecule has 0 saturated carbocycles. The van der Waals surface area contributed by atoms with Crippen LogP contribution in [0.2, 0.25) is 0 Å². The van der Waals surface area contributed by atoms with Crippen LogP contribution in [0.15, 0.2) is 83.8 Å². The van der Waals surface area contributed by atoms with Gasteiger partial charge < -0.3 is 10.1 Å². The van der Waals surface area contributed by atoms with Gasteiger partial charge in [-0.15, -0.1) is 6.42 Å². The Morgan fingerprint density at radius 1 is 1.11 bits per heavy atom. The number of anilines is 1. The van der Waals surface area contributed by atoms with Crippen LogP contribution in [0.4, 0.5) is 18.9 Å². The Morgan fingerprint density at radius 3 is 2.75 bits per heavy atom. The number of rotatable bonds is 7. The monoisotopic (exact) mass is 487 g/mol. The van der Waals surface area contributed by atoms with E-state index in [9.17, 15) is 13.2 Å². The fraction of sp³-hybridized carbons (Fsp3) is 0.111. The second-order valence-corrected chi connectivity index (χ2v) is 7.56. The van der Waals surface area contributed by atoms with Crippen LogP contribution in [0.25, 0.3) is 22.2 Å². The number of hydrogen-bond donors (Lipinski definition) is 1. The molecule has 2 heterocycles. The number of halogens is 3. The van der Waals surface area contributed by atoms with Gasteiger partial charge in [0, 0.05) is 60.3 Å². The number of allylic oxidation sites excluding steroid dienone is 1. The highest BCUT2D eigenvalue weighted by molar-refractivity contribution is 5.80. The van der Waals surface area contributed by atoms with Gasteiger partial charge >= 0.3 is 6.18 Å². The van der Waals surface area contributed by atoms with Gasteiger partial charge in [-0.2, -0.15) is 13.2 Å². The van der Waals surface area contributed by atoms with Crippen LogP contribution >= 0.6 is 0 Å². The van der Waals surface area contributed by atoms with Gasteiger partial charge in [0.2, 0.25) is 5.88 Å². The van der Waals surface area contributed by atoms with Crippen LogP contribution in [-0.2, 0) is 6.18 Å². The van der Waals surface area contributed by atoms with Crippen molar-refractivity contribution in [2.45, 2.75) is 6.18 Å². The van der Waals surface area contributed by atoms with E-state index in [-0.39, 0.29) is 18.1 Å². The molecule has 0 radical (unpaired) electrons. The molecule has 0 aliphatic heterocycles. The van der Waals surface area contributed by atoms with Crippen molar-refractivity contribution in [2.24, 2.45) is 4.99 Å². The molecule has 2 aromatic heterocycles. The standard InChI is InChI=1S/C27H20F3N5O/c1-3-18(10-12-31-2)16-33-24-13-20(27(28,29)30)7-9-22(24)25-15-26(35-17-34-25)36-21-8-6-19-5-4-11-32-23(19)14-21/h1,4-15,17,33H,16H2,2H3/b18-10+,31-12?. The summed E-state index contributed by atoms with van der Waals surface area (Å²) in [5, 5.41) is 3.95. The summed E-state index contributed by atoms with van der Waals surface area (Å²) in [6, 6.07) is 14.1. The zero-order chi connectivity index (χ0) is 25.5. The maximum atomic E-state index is 13.4. The lowest BCUT2D eigenvalue weighted by atomic mass is 10.0. The summed E-state index contributed by atoms with van der Waals surface area (Å²) in [5.74, 6) is 3.23. The number of hydrogen-bond acceptors (Lipinski definition) is 6. The van der Waals surface area contributed by atoms with Crippen LogP contribution in [0.1, 0.15) is 5.56 Å². The van der Waals surface area contributed by atoms with E-state index >= 15 is 0 Å². The molecule has 0 spiro atoms. The fourth-order valence-electron chi connectivity index (χ4n) is 3.38. The van der Waals surface area contributed by atoms with Crippen LogP contribution in [0.3, 0.4) is 0 Å². The number of pyridine rings is 1. The normalized spacial score (nSPS) is 12.0. The molecule has 2 aromatic carbocycles. The quantitative estimate of drug-likeness (QED) is 0.249. The number of nitrogens with one attached hydrogen (secondary N) is 1. The van der Waals surface area contributed by atoms with E-state index in [0.717, 1.165) is 23.0 Å². The highest BCUT2D eigenvalue weighted by Crippen LogP contribution is 2.36. The predicted molar refractivity (Wildman–Crippen MR) is 134 cm³/mol.